The van der Waals surface area contributed by atoms with Crippen LogP contribution >= 0.6 is 0 Å². The van der Waals surface area contributed by atoms with Crippen molar-refractivity contribution < 1.29 is 0 Å². The van der Waals surface area contributed by atoms with E-state index in [0.29, 0.717) is 0 Å². The fourth-order valence-corrected chi connectivity index (χ4v) is 5.04. The Hall–Kier alpha value is -4.44. The molecule has 0 aliphatic rings. The summed E-state index contributed by atoms with van der Waals surface area (Å²) in [6.07, 6.45) is 7.41. The van der Waals surface area contributed by atoms with E-state index in [-0.39, 0.29) is 0 Å². The monoisotopic (exact) mass is 410 g/mol. The Morgan fingerprint density at radius 3 is 1.69 bits per heavy atom. The van der Waals surface area contributed by atoms with Crippen molar-refractivity contribution >= 4 is 43.6 Å². The second kappa shape index (κ2) is 6.53. The number of benzene rings is 3. The number of aromatic nitrogens is 4. The maximum absolute atomic E-state index is 4.25. The van der Waals surface area contributed by atoms with Crippen molar-refractivity contribution in [3.8, 4) is 11.4 Å². The zero-order valence-electron chi connectivity index (χ0n) is 17.2. The molecule has 0 amide bonds. The topological polar surface area (TPSA) is 35.6 Å². The summed E-state index contributed by atoms with van der Waals surface area (Å²) in [5, 5.41) is 5.00. The number of pyridine rings is 2. The minimum atomic E-state index is 1.11. The van der Waals surface area contributed by atoms with E-state index in [2.05, 4.69) is 104 Å². The second-order valence-corrected chi connectivity index (χ2v) is 7.97. The third kappa shape index (κ3) is 2.26. The van der Waals surface area contributed by atoms with Crippen LogP contribution in [-0.4, -0.2) is 19.1 Å². The van der Waals surface area contributed by atoms with E-state index in [0.717, 1.165) is 11.4 Å². The SMILES string of the molecule is c1ccc2c(c1)c1c(ccc3c4ccccc4n(-c4ccncc4)c31)n2-c1ccncc1. The van der Waals surface area contributed by atoms with Crippen LogP contribution in [0.3, 0.4) is 0 Å². The standard InChI is InChI=1S/C28H18N4/c1-3-7-24-21(5-1)22-9-10-26-27(28(22)32(24)20-13-17-30-18-14-20)23-6-2-4-8-25(23)31(26)19-11-15-29-16-12-19/h1-18H. The summed E-state index contributed by atoms with van der Waals surface area (Å²) in [6.45, 7) is 0. The Labute approximate surface area is 184 Å². The maximum atomic E-state index is 4.25. The maximum Gasteiger partial charge on any atom is 0.0641 e. The van der Waals surface area contributed by atoms with Gasteiger partial charge in [0.15, 0.2) is 0 Å². The van der Waals surface area contributed by atoms with Gasteiger partial charge in [-0.15, -0.1) is 0 Å². The molecular weight excluding hydrogens is 392 g/mol. The van der Waals surface area contributed by atoms with Crippen molar-refractivity contribution in [3.63, 3.8) is 0 Å². The fraction of sp³-hybridized carbons (Fsp3) is 0. The summed E-state index contributed by atoms with van der Waals surface area (Å²) >= 11 is 0. The quantitative estimate of drug-likeness (QED) is 0.319. The highest BCUT2D eigenvalue weighted by atomic mass is 15.0. The van der Waals surface area contributed by atoms with Crippen molar-refractivity contribution in [1.82, 2.24) is 19.1 Å². The number of hydrogen-bond acceptors (Lipinski definition) is 2. The van der Waals surface area contributed by atoms with Crippen LogP contribution in [0.5, 0.6) is 0 Å². The summed E-state index contributed by atoms with van der Waals surface area (Å²) in [6, 6.07) is 30.1. The molecule has 0 radical (unpaired) electrons. The summed E-state index contributed by atoms with van der Waals surface area (Å²) in [5.41, 5.74) is 7.01. The number of rotatable bonds is 2. The molecule has 150 valence electrons. The van der Waals surface area contributed by atoms with E-state index >= 15 is 0 Å². The average molecular weight is 410 g/mol. The van der Waals surface area contributed by atoms with Crippen LogP contribution < -0.4 is 0 Å². The van der Waals surface area contributed by atoms with Crippen molar-refractivity contribution in [2.45, 2.75) is 0 Å². The van der Waals surface area contributed by atoms with Crippen molar-refractivity contribution in [2.75, 3.05) is 0 Å². The molecular formula is C28H18N4. The van der Waals surface area contributed by atoms with Gasteiger partial charge in [0.1, 0.15) is 0 Å². The molecule has 0 saturated carbocycles. The summed E-state index contributed by atoms with van der Waals surface area (Å²) in [4.78, 5) is 8.47. The van der Waals surface area contributed by atoms with Crippen molar-refractivity contribution in [2.24, 2.45) is 0 Å². The average Bonchev–Trinajstić information content (AvgIpc) is 3.38. The Bertz CT molecular complexity index is 1760. The predicted molar refractivity (Wildman–Crippen MR) is 131 cm³/mol. The molecule has 4 aromatic heterocycles. The van der Waals surface area contributed by atoms with Gasteiger partial charge in [-0.1, -0.05) is 42.5 Å². The molecule has 32 heavy (non-hydrogen) atoms. The lowest BCUT2D eigenvalue weighted by Gasteiger charge is -2.09. The molecule has 0 fully saturated rings. The van der Waals surface area contributed by atoms with E-state index < -0.39 is 0 Å². The van der Waals surface area contributed by atoms with E-state index in [4.69, 9.17) is 0 Å². The molecule has 4 heteroatoms. The first-order chi connectivity index (χ1) is 15.9. The fourth-order valence-electron chi connectivity index (χ4n) is 5.04. The van der Waals surface area contributed by atoms with Crippen molar-refractivity contribution in [3.05, 3.63) is 110 Å². The molecule has 0 aliphatic heterocycles. The molecule has 0 N–H and O–H groups in total. The first kappa shape index (κ1) is 17.3. The largest absolute Gasteiger partial charge is 0.309 e. The molecule has 0 spiro atoms. The van der Waals surface area contributed by atoms with E-state index in [1.54, 1.807) is 0 Å². The molecule has 7 aromatic rings. The van der Waals surface area contributed by atoms with Gasteiger partial charge in [-0.05, 0) is 42.5 Å². The molecule has 3 aromatic carbocycles. The third-order valence-electron chi connectivity index (χ3n) is 6.31. The van der Waals surface area contributed by atoms with Crippen LogP contribution in [0.4, 0.5) is 0 Å². The van der Waals surface area contributed by atoms with Gasteiger partial charge in [-0.3, -0.25) is 9.97 Å². The van der Waals surface area contributed by atoms with Gasteiger partial charge in [-0.2, -0.15) is 0 Å². The first-order valence-corrected chi connectivity index (χ1v) is 10.7. The second-order valence-electron chi connectivity index (χ2n) is 7.97. The molecule has 0 atom stereocenters. The van der Waals surface area contributed by atoms with Gasteiger partial charge >= 0.3 is 0 Å². The van der Waals surface area contributed by atoms with Crippen LogP contribution in [0.15, 0.2) is 110 Å². The van der Waals surface area contributed by atoms with Crippen LogP contribution in [0.2, 0.25) is 0 Å². The molecule has 7 rings (SSSR count). The first-order valence-electron chi connectivity index (χ1n) is 10.7. The number of para-hydroxylation sites is 2. The van der Waals surface area contributed by atoms with E-state index in [1.807, 2.05) is 24.8 Å². The normalized spacial score (nSPS) is 11.8. The van der Waals surface area contributed by atoms with Gasteiger partial charge in [0.05, 0.1) is 22.1 Å². The molecule has 0 saturated heterocycles. The van der Waals surface area contributed by atoms with E-state index in [9.17, 15) is 0 Å². The van der Waals surface area contributed by atoms with Gasteiger partial charge in [0, 0.05) is 57.7 Å². The Morgan fingerprint density at radius 2 is 1.00 bits per heavy atom. The highest BCUT2D eigenvalue weighted by Crippen LogP contribution is 2.41. The molecule has 0 bridgehead atoms. The predicted octanol–water partition coefficient (Wildman–Crippen LogP) is 6.67. The smallest absolute Gasteiger partial charge is 0.0641 e. The molecule has 0 aliphatic carbocycles. The molecule has 4 heterocycles. The molecule has 0 unspecified atom stereocenters. The van der Waals surface area contributed by atoms with Gasteiger partial charge < -0.3 is 9.13 Å². The van der Waals surface area contributed by atoms with Crippen LogP contribution in [-0.2, 0) is 0 Å². The lowest BCUT2D eigenvalue weighted by molar-refractivity contribution is 1.15. The summed E-state index contributed by atoms with van der Waals surface area (Å²) in [5.74, 6) is 0. The molecule has 4 nitrogen and oxygen atoms in total. The number of hydrogen-bond donors (Lipinski definition) is 0. The van der Waals surface area contributed by atoms with Gasteiger partial charge in [-0.25, -0.2) is 0 Å². The summed E-state index contributed by atoms with van der Waals surface area (Å²) in [7, 11) is 0. The minimum Gasteiger partial charge on any atom is -0.309 e. The van der Waals surface area contributed by atoms with Gasteiger partial charge in [0.2, 0.25) is 0 Å². The highest BCUT2D eigenvalue weighted by molar-refractivity contribution is 6.26. The van der Waals surface area contributed by atoms with Crippen molar-refractivity contribution in [1.29, 1.82) is 0 Å². The Kier molecular flexibility index (Phi) is 3.52. The lowest BCUT2D eigenvalue weighted by Crippen LogP contribution is -1.95. The Balaban J connectivity index is 1.77. The summed E-state index contributed by atoms with van der Waals surface area (Å²) < 4.78 is 4.71. The highest BCUT2D eigenvalue weighted by Gasteiger charge is 2.20. The third-order valence-corrected chi connectivity index (χ3v) is 6.31. The lowest BCUT2D eigenvalue weighted by atomic mass is 10.1. The zero-order valence-corrected chi connectivity index (χ0v) is 17.2. The van der Waals surface area contributed by atoms with Crippen LogP contribution in [0.25, 0.3) is 55.0 Å². The van der Waals surface area contributed by atoms with Crippen LogP contribution in [0, 0.1) is 0 Å². The van der Waals surface area contributed by atoms with Gasteiger partial charge in [0.25, 0.3) is 0 Å². The van der Waals surface area contributed by atoms with Crippen LogP contribution in [0.1, 0.15) is 0 Å². The van der Waals surface area contributed by atoms with E-state index in [1.165, 1.54) is 43.6 Å². The minimum absolute atomic E-state index is 1.11. The zero-order chi connectivity index (χ0) is 21.1. The Morgan fingerprint density at radius 1 is 0.438 bits per heavy atom. The number of nitrogens with zero attached hydrogens (tertiary/aromatic N) is 4. The number of fused-ring (bicyclic) bond motifs is 7.